The van der Waals surface area contributed by atoms with E-state index in [1.54, 1.807) is 31.4 Å². The molecule has 2 rings (SSSR count). The van der Waals surface area contributed by atoms with Gasteiger partial charge < -0.3 is 20.1 Å². The van der Waals surface area contributed by atoms with Crippen LogP contribution in [-0.2, 0) is 16.4 Å². The third kappa shape index (κ3) is 6.16. The molecule has 0 amide bonds. The van der Waals surface area contributed by atoms with Crippen LogP contribution in [0.2, 0.25) is 0 Å². The van der Waals surface area contributed by atoms with Gasteiger partial charge in [0.25, 0.3) is 0 Å². The van der Waals surface area contributed by atoms with Crippen molar-refractivity contribution in [1.82, 2.24) is 5.32 Å². The summed E-state index contributed by atoms with van der Waals surface area (Å²) in [6.45, 7) is 5.58. The molecule has 2 aromatic rings. The predicted molar refractivity (Wildman–Crippen MR) is 112 cm³/mol. The number of methoxy groups -OCH3 is 1. The molecule has 2 aromatic carbocycles. The van der Waals surface area contributed by atoms with Gasteiger partial charge in [-0.15, -0.1) is 0 Å². The average Bonchev–Trinajstić information content (AvgIpc) is 2.67. The lowest BCUT2D eigenvalue weighted by atomic mass is 10.2. The van der Waals surface area contributed by atoms with E-state index in [4.69, 9.17) is 9.47 Å². The molecule has 0 unspecified atom stereocenters. The second-order valence-corrected chi connectivity index (χ2v) is 8.05. The third-order valence-electron chi connectivity index (χ3n) is 3.84. The van der Waals surface area contributed by atoms with E-state index in [2.05, 4.69) is 15.6 Å². The zero-order valence-electron chi connectivity index (χ0n) is 16.7. The molecule has 2 N–H and O–H groups in total. The number of aliphatic imine (C=N–C) groups is 1. The number of hydrogen-bond donors (Lipinski definition) is 2. The molecule has 152 valence electrons. The van der Waals surface area contributed by atoms with Gasteiger partial charge in [0.05, 0.1) is 25.2 Å². The van der Waals surface area contributed by atoms with Crippen molar-refractivity contribution in [3.63, 3.8) is 0 Å². The van der Waals surface area contributed by atoms with Crippen molar-refractivity contribution in [2.24, 2.45) is 4.99 Å². The van der Waals surface area contributed by atoms with Gasteiger partial charge in [0, 0.05) is 24.6 Å². The van der Waals surface area contributed by atoms with Crippen LogP contribution < -0.4 is 20.1 Å². The van der Waals surface area contributed by atoms with Crippen LogP contribution in [0.25, 0.3) is 0 Å². The van der Waals surface area contributed by atoms with E-state index < -0.39 is 9.84 Å². The molecule has 28 heavy (non-hydrogen) atoms. The maximum absolute atomic E-state index is 11.5. The highest BCUT2D eigenvalue weighted by Gasteiger charge is 2.08. The number of sulfone groups is 1. The van der Waals surface area contributed by atoms with Gasteiger partial charge in [-0.25, -0.2) is 13.4 Å². The van der Waals surface area contributed by atoms with E-state index in [0.717, 1.165) is 11.3 Å². The first kappa shape index (κ1) is 21.6. The molecule has 0 aliphatic carbocycles. The van der Waals surface area contributed by atoms with E-state index in [-0.39, 0.29) is 0 Å². The lowest BCUT2D eigenvalue weighted by Gasteiger charge is -2.14. The molecule has 0 aliphatic heterocycles. The number of rotatable bonds is 8. The molecule has 0 saturated carbocycles. The Bertz CT molecular complexity index is 910. The quantitative estimate of drug-likeness (QED) is 0.518. The Hall–Kier alpha value is -2.74. The van der Waals surface area contributed by atoms with Crippen molar-refractivity contribution >= 4 is 21.5 Å². The Balaban J connectivity index is 2.14. The minimum absolute atomic E-state index is 0.298. The van der Waals surface area contributed by atoms with Gasteiger partial charge in [0.2, 0.25) is 0 Å². The van der Waals surface area contributed by atoms with E-state index in [1.807, 2.05) is 32.0 Å². The zero-order chi connectivity index (χ0) is 20.6. The number of benzene rings is 2. The lowest BCUT2D eigenvalue weighted by molar-refractivity contribution is 0.311. The second kappa shape index (κ2) is 9.98. The summed E-state index contributed by atoms with van der Waals surface area (Å²) in [7, 11) is -1.60. The number of anilines is 1. The summed E-state index contributed by atoms with van der Waals surface area (Å²) in [5.74, 6) is 1.93. The maximum atomic E-state index is 11.5. The van der Waals surface area contributed by atoms with Crippen molar-refractivity contribution in [1.29, 1.82) is 0 Å². The van der Waals surface area contributed by atoms with Gasteiger partial charge in [-0.2, -0.15) is 0 Å². The fourth-order valence-electron chi connectivity index (χ4n) is 2.48. The summed E-state index contributed by atoms with van der Waals surface area (Å²) in [6, 6.07) is 12.3. The Morgan fingerprint density at radius 3 is 2.36 bits per heavy atom. The van der Waals surface area contributed by atoms with Gasteiger partial charge in [-0.3, -0.25) is 0 Å². The second-order valence-electron chi connectivity index (χ2n) is 6.03. The van der Waals surface area contributed by atoms with Gasteiger partial charge in [0.1, 0.15) is 0 Å². The average molecular weight is 406 g/mol. The summed E-state index contributed by atoms with van der Waals surface area (Å²) >= 11 is 0. The van der Waals surface area contributed by atoms with Gasteiger partial charge in [0.15, 0.2) is 27.3 Å². The largest absolute Gasteiger partial charge is 0.493 e. The number of guanidine groups is 1. The van der Waals surface area contributed by atoms with Crippen molar-refractivity contribution < 1.29 is 17.9 Å². The van der Waals surface area contributed by atoms with Crippen LogP contribution >= 0.6 is 0 Å². The minimum atomic E-state index is -3.20. The first-order valence-corrected chi connectivity index (χ1v) is 10.9. The number of hydrogen-bond acceptors (Lipinski definition) is 5. The van der Waals surface area contributed by atoms with Crippen molar-refractivity contribution in [2.75, 3.05) is 31.8 Å². The molecule has 0 atom stereocenters. The highest BCUT2D eigenvalue weighted by atomic mass is 32.2. The number of nitrogens with zero attached hydrogens (tertiary/aromatic N) is 1. The van der Waals surface area contributed by atoms with Crippen molar-refractivity contribution in [3.8, 4) is 11.5 Å². The van der Waals surface area contributed by atoms with E-state index in [1.165, 1.54) is 6.26 Å². The molecule has 0 radical (unpaired) electrons. The summed E-state index contributed by atoms with van der Waals surface area (Å²) in [5, 5.41) is 6.42. The van der Waals surface area contributed by atoms with Gasteiger partial charge in [-0.1, -0.05) is 12.1 Å². The Labute approximate surface area is 166 Å². The monoisotopic (exact) mass is 405 g/mol. The molecule has 0 saturated heterocycles. The van der Waals surface area contributed by atoms with E-state index in [0.29, 0.717) is 42.1 Å². The molecule has 0 aromatic heterocycles. The Morgan fingerprint density at radius 1 is 1.07 bits per heavy atom. The molecule has 0 heterocycles. The summed E-state index contributed by atoms with van der Waals surface area (Å²) in [5.41, 5.74) is 1.72. The number of nitrogens with one attached hydrogen (secondary N) is 2. The molecular weight excluding hydrogens is 378 g/mol. The third-order valence-corrected chi connectivity index (χ3v) is 4.97. The van der Waals surface area contributed by atoms with Crippen LogP contribution in [-0.4, -0.2) is 40.9 Å². The summed E-state index contributed by atoms with van der Waals surface area (Å²) < 4.78 is 34.0. The SMILES string of the molecule is CCNC(=NCc1ccc(S(C)(=O)=O)cc1)Nc1ccc(OCC)c(OC)c1. The Morgan fingerprint density at radius 2 is 1.79 bits per heavy atom. The fraction of sp³-hybridized carbons (Fsp3) is 0.350. The van der Waals surface area contributed by atoms with Crippen molar-refractivity contribution in [3.05, 3.63) is 48.0 Å². The smallest absolute Gasteiger partial charge is 0.196 e. The first-order valence-electron chi connectivity index (χ1n) is 9.02. The normalized spacial score (nSPS) is 11.8. The van der Waals surface area contributed by atoms with Crippen LogP contribution in [0, 0.1) is 0 Å². The van der Waals surface area contributed by atoms with Crippen LogP contribution in [0.4, 0.5) is 5.69 Å². The van der Waals surface area contributed by atoms with Gasteiger partial charge >= 0.3 is 0 Å². The number of ether oxygens (including phenoxy) is 2. The van der Waals surface area contributed by atoms with Crippen LogP contribution in [0.15, 0.2) is 52.4 Å². The van der Waals surface area contributed by atoms with Crippen LogP contribution in [0.5, 0.6) is 11.5 Å². The summed E-state index contributed by atoms with van der Waals surface area (Å²) in [6.07, 6.45) is 1.19. The molecular formula is C20H27N3O4S. The van der Waals surface area contributed by atoms with E-state index in [9.17, 15) is 8.42 Å². The Kier molecular flexibility index (Phi) is 7.69. The van der Waals surface area contributed by atoms with Crippen molar-refractivity contribution in [2.45, 2.75) is 25.3 Å². The predicted octanol–water partition coefficient (Wildman–Crippen LogP) is 3.08. The fourth-order valence-corrected chi connectivity index (χ4v) is 3.11. The molecule has 7 nitrogen and oxygen atoms in total. The topological polar surface area (TPSA) is 89.0 Å². The van der Waals surface area contributed by atoms with Gasteiger partial charge in [-0.05, 0) is 43.7 Å². The molecule has 0 spiro atoms. The highest BCUT2D eigenvalue weighted by molar-refractivity contribution is 7.90. The first-order chi connectivity index (χ1) is 13.4. The maximum Gasteiger partial charge on any atom is 0.196 e. The van der Waals surface area contributed by atoms with E-state index >= 15 is 0 Å². The molecule has 0 fully saturated rings. The zero-order valence-corrected chi connectivity index (χ0v) is 17.5. The molecule has 8 heteroatoms. The minimum Gasteiger partial charge on any atom is -0.493 e. The molecule has 0 bridgehead atoms. The standard InChI is InChI=1S/C20H27N3O4S/c1-5-21-20(22-14-15-7-10-17(11-8-15)28(4,24)25)23-16-9-12-18(27-6-2)19(13-16)26-3/h7-13H,5-6,14H2,1-4H3,(H2,21,22,23). The molecule has 0 aliphatic rings. The summed E-state index contributed by atoms with van der Waals surface area (Å²) in [4.78, 5) is 4.86. The van der Waals surface area contributed by atoms with Crippen LogP contribution in [0.3, 0.4) is 0 Å². The highest BCUT2D eigenvalue weighted by Crippen LogP contribution is 2.30. The van der Waals surface area contributed by atoms with Crippen LogP contribution in [0.1, 0.15) is 19.4 Å². The lowest BCUT2D eigenvalue weighted by Crippen LogP contribution is -2.30.